The highest BCUT2D eigenvalue weighted by Crippen LogP contribution is 2.21. The van der Waals surface area contributed by atoms with Crippen molar-refractivity contribution in [1.29, 1.82) is 0 Å². The van der Waals surface area contributed by atoms with E-state index in [0.717, 1.165) is 0 Å². The number of halogens is 1. The maximum Gasteiger partial charge on any atom is 0.232 e. The number of para-hydroxylation sites is 1. The SMILES string of the molecule is COc1cc(OC)nc(C(=O)c2cccc(F)c2N)n1. The predicted molar refractivity (Wildman–Crippen MR) is 69.4 cm³/mol. The summed E-state index contributed by atoms with van der Waals surface area (Å²) in [5, 5.41) is 0. The van der Waals surface area contributed by atoms with Gasteiger partial charge in [-0.25, -0.2) is 4.39 Å². The molecular weight excluding hydrogens is 265 g/mol. The largest absolute Gasteiger partial charge is 0.481 e. The van der Waals surface area contributed by atoms with Gasteiger partial charge in [-0.3, -0.25) is 4.79 Å². The summed E-state index contributed by atoms with van der Waals surface area (Å²) in [4.78, 5) is 20.1. The molecule has 2 rings (SSSR count). The molecule has 0 saturated carbocycles. The van der Waals surface area contributed by atoms with Crippen LogP contribution in [0.15, 0.2) is 24.3 Å². The summed E-state index contributed by atoms with van der Waals surface area (Å²) < 4.78 is 23.3. The number of ether oxygens (including phenoxy) is 2. The van der Waals surface area contributed by atoms with E-state index in [0.29, 0.717) is 0 Å². The highest BCUT2D eigenvalue weighted by atomic mass is 19.1. The predicted octanol–water partition coefficient (Wildman–Crippen LogP) is 1.45. The molecule has 104 valence electrons. The van der Waals surface area contributed by atoms with Crippen molar-refractivity contribution in [2.75, 3.05) is 20.0 Å². The van der Waals surface area contributed by atoms with Crippen molar-refractivity contribution in [3.05, 3.63) is 41.5 Å². The van der Waals surface area contributed by atoms with Crippen LogP contribution in [-0.4, -0.2) is 30.0 Å². The number of aromatic nitrogens is 2. The van der Waals surface area contributed by atoms with Gasteiger partial charge in [-0.15, -0.1) is 0 Å². The zero-order chi connectivity index (χ0) is 14.7. The molecule has 2 N–H and O–H groups in total. The van der Waals surface area contributed by atoms with Gasteiger partial charge in [0.2, 0.25) is 23.4 Å². The number of methoxy groups -OCH3 is 2. The van der Waals surface area contributed by atoms with E-state index in [-0.39, 0.29) is 28.8 Å². The van der Waals surface area contributed by atoms with Crippen molar-refractivity contribution < 1.29 is 18.7 Å². The number of benzene rings is 1. The Labute approximate surface area is 114 Å². The van der Waals surface area contributed by atoms with Gasteiger partial charge in [0.1, 0.15) is 5.82 Å². The Hall–Kier alpha value is -2.70. The summed E-state index contributed by atoms with van der Waals surface area (Å²) in [6, 6.07) is 5.37. The number of carbonyl (C=O) groups is 1. The minimum absolute atomic E-state index is 0.0136. The monoisotopic (exact) mass is 277 g/mol. The van der Waals surface area contributed by atoms with Crippen LogP contribution < -0.4 is 15.2 Å². The van der Waals surface area contributed by atoms with Gasteiger partial charge in [0, 0.05) is 0 Å². The van der Waals surface area contributed by atoms with Crippen LogP contribution in [0, 0.1) is 5.82 Å². The van der Waals surface area contributed by atoms with E-state index in [2.05, 4.69) is 9.97 Å². The lowest BCUT2D eigenvalue weighted by Crippen LogP contribution is -2.12. The van der Waals surface area contributed by atoms with E-state index in [9.17, 15) is 9.18 Å². The highest BCUT2D eigenvalue weighted by Gasteiger charge is 2.19. The summed E-state index contributed by atoms with van der Waals surface area (Å²) in [5.74, 6) is -1.14. The first kappa shape index (κ1) is 13.7. The molecule has 1 heterocycles. The Kier molecular flexibility index (Phi) is 3.79. The molecule has 1 aromatic carbocycles. The van der Waals surface area contributed by atoms with Crippen LogP contribution in [0.3, 0.4) is 0 Å². The van der Waals surface area contributed by atoms with Gasteiger partial charge in [-0.05, 0) is 12.1 Å². The molecule has 20 heavy (non-hydrogen) atoms. The minimum Gasteiger partial charge on any atom is -0.481 e. The average Bonchev–Trinajstić information content (AvgIpc) is 2.48. The third-order valence-corrected chi connectivity index (χ3v) is 2.60. The van der Waals surface area contributed by atoms with Crippen molar-refractivity contribution in [1.82, 2.24) is 9.97 Å². The van der Waals surface area contributed by atoms with Crippen LogP contribution in [0.4, 0.5) is 10.1 Å². The van der Waals surface area contributed by atoms with Gasteiger partial charge in [-0.1, -0.05) is 6.07 Å². The first-order chi connectivity index (χ1) is 9.56. The zero-order valence-corrected chi connectivity index (χ0v) is 10.9. The van der Waals surface area contributed by atoms with Gasteiger partial charge in [0.15, 0.2) is 0 Å². The normalized spacial score (nSPS) is 10.2. The fourth-order valence-corrected chi connectivity index (χ4v) is 1.57. The third-order valence-electron chi connectivity index (χ3n) is 2.60. The lowest BCUT2D eigenvalue weighted by Gasteiger charge is -2.07. The molecule has 1 aromatic heterocycles. The van der Waals surface area contributed by atoms with Crippen molar-refractivity contribution in [2.45, 2.75) is 0 Å². The van der Waals surface area contributed by atoms with Crippen LogP contribution in [-0.2, 0) is 0 Å². The molecule has 0 aliphatic carbocycles. The molecule has 0 aliphatic heterocycles. The van der Waals surface area contributed by atoms with Crippen LogP contribution in [0.2, 0.25) is 0 Å². The van der Waals surface area contributed by atoms with Gasteiger partial charge in [0.05, 0.1) is 31.5 Å². The Bertz CT molecular complexity index is 639. The number of hydrogen-bond donors (Lipinski definition) is 1. The molecule has 0 bridgehead atoms. The maximum absolute atomic E-state index is 13.4. The summed E-state index contributed by atoms with van der Waals surface area (Å²) in [6.45, 7) is 0. The van der Waals surface area contributed by atoms with Gasteiger partial charge < -0.3 is 15.2 Å². The molecule has 0 fully saturated rings. The Morgan fingerprint density at radius 3 is 2.35 bits per heavy atom. The number of rotatable bonds is 4. The summed E-state index contributed by atoms with van der Waals surface area (Å²) in [7, 11) is 2.79. The molecule has 0 saturated heterocycles. The van der Waals surface area contributed by atoms with E-state index < -0.39 is 11.6 Å². The number of nitrogens with two attached hydrogens (primary N) is 1. The van der Waals surface area contributed by atoms with E-state index in [1.807, 2.05) is 0 Å². The van der Waals surface area contributed by atoms with Gasteiger partial charge in [-0.2, -0.15) is 9.97 Å². The Balaban J connectivity index is 2.50. The molecule has 0 unspecified atom stereocenters. The average molecular weight is 277 g/mol. The molecule has 0 radical (unpaired) electrons. The van der Waals surface area contributed by atoms with Crippen LogP contribution >= 0.6 is 0 Å². The fourth-order valence-electron chi connectivity index (χ4n) is 1.57. The highest BCUT2D eigenvalue weighted by molar-refractivity contribution is 6.10. The number of nitrogen functional groups attached to an aromatic ring is 1. The maximum atomic E-state index is 13.4. The zero-order valence-electron chi connectivity index (χ0n) is 10.9. The Morgan fingerprint density at radius 2 is 1.80 bits per heavy atom. The minimum atomic E-state index is -0.675. The van der Waals surface area contributed by atoms with E-state index in [4.69, 9.17) is 15.2 Å². The topological polar surface area (TPSA) is 87.3 Å². The van der Waals surface area contributed by atoms with Crippen molar-refractivity contribution in [3.63, 3.8) is 0 Å². The Morgan fingerprint density at radius 1 is 1.20 bits per heavy atom. The smallest absolute Gasteiger partial charge is 0.232 e. The molecular formula is C13H12FN3O3. The van der Waals surface area contributed by atoms with Crippen LogP contribution in [0.5, 0.6) is 11.8 Å². The first-order valence-corrected chi connectivity index (χ1v) is 5.62. The fraction of sp³-hybridized carbons (Fsp3) is 0.154. The number of ketones is 1. The van der Waals surface area contributed by atoms with Gasteiger partial charge >= 0.3 is 0 Å². The first-order valence-electron chi connectivity index (χ1n) is 5.62. The molecule has 2 aromatic rings. The third kappa shape index (κ3) is 2.51. The number of anilines is 1. The molecule has 0 aliphatic rings. The number of hydrogen-bond acceptors (Lipinski definition) is 6. The summed E-state index contributed by atoms with van der Waals surface area (Å²) in [6.07, 6.45) is 0. The number of carbonyl (C=O) groups excluding carboxylic acids is 1. The second-order valence-corrected chi connectivity index (χ2v) is 3.81. The summed E-state index contributed by atoms with van der Waals surface area (Å²) in [5.41, 5.74) is 5.29. The lowest BCUT2D eigenvalue weighted by molar-refractivity contribution is 0.102. The van der Waals surface area contributed by atoms with Crippen LogP contribution in [0.25, 0.3) is 0 Å². The van der Waals surface area contributed by atoms with Crippen molar-refractivity contribution >= 4 is 11.5 Å². The summed E-state index contributed by atoms with van der Waals surface area (Å²) >= 11 is 0. The van der Waals surface area contributed by atoms with E-state index in [1.54, 1.807) is 0 Å². The lowest BCUT2D eigenvalue weighted by atomic mass is 10.1. The second-order valence-electron chi connectivity index (χ2n) is 3.81. The molecule has 0 atom stereocenters. The van der Waals surface area contributed by atoms with E-state index in [1.165, 1.54) is 38.5 Å². The van der Waals surface area contributed by atoms with Crippen LogP contribution in [0.1, 0.15) is 16.2 Å². The second kappa shape index (κ2) is 5.52. The quantitative estimate of drug-likeness (QED) is 0.672. The van der Waals surface area contributed by atoms with Gasteiger partial charge in [0.25, 0.3) is 0 Å². The van der Waals surface area contributed by atoms with E-state index >= 15 is 0 Å². The number of nitrogens with zero attached hydrogens (tertiary/aromatic N) is 2. The van der Waals surface area contributed by atoms with Crippen molar-refractivity contribution in [2.24, 2.45) is 0 Å². The molecule has 0 spiro atoms. The molecule has 7 heteroatoms. The standard InChI is InChI=1S/C13H12FN3O3/c1-19-9-6-10(20-2)17-13(16-9)12(18)7-4-3-5-8(14)11(7)15/h3-6H,15H2,1-2H3. The molecule has 0 amide bonds. The molecule has 6 nitrogen and oxygen atoms in total. The van der Waals surface area contributed by atoms with Crippen molar-refractivity contribution in [3.8, 4) is 11.8 Å².